The molecule has 12 nitrogen and oxygen atoms in total. The Morgan fingerprint density at radius 2 is 1.59 bits per heavy atom. The van der Waals surface area contributed by atoms with Crippen LogP contribution in [0.4, 0.5) is 21.9 Å². The Bertz CT molecular complexity index is 2580. The van der Waals surface area contributed by atoms with Crippen LogP contribution < -0.4 is 26.4 Å². The Labute approximate surface area is 355 Å². The monoisotopic (exact) mass is 820 g/mol. The highest BCUT2D eigenvalue weighted by Gasteiger charge is 2.24. The molecule has 7 rings (SSSR count). The van der Waals surface area contributed by atoms with Gasteiger partial charge in [-0.25, -0.2) is 4.79 Å². The van der Waals surface area contributed by atoms with E-state index in [1.165, 1.54) is 6.07 Å². The van der Waals surface area contributed by atoms with Gasteiger partial charge < -0.3 is 35.3 Å². The summed E-state index contributed by atoms with van der Waals surface area (Å²) >= 11 is 0. The van der Waals surface area contributed by atoms with Crippen LogP contribution in [-0.2, 0) is 22.5 Å². The Balaban J connectivity index is 0.851. The van der Waals surface area contributed by atoms with Crippen molar-refractivity contribution in [2.75, 3.05) is 48.8 Å². The molecule has 5 aromatic carbocycles. The first-order chi connectivity index (χ1) is 29.5. The van der Waals surface area contributed by atoms with Crippen LogP contribution in [0.2, 0.25) is 0 Å². The summed E-state index contributed by atoms with van der Waals surface area (Å²) in [6, 6.07) is 35.3. The summed E-state index contributed by atoms with van der Waals surface area (Å²) in [6.45, 7) is 7.30. The maximum Gasteiger partial charge on any atom is 0.411 e. The Morgan fingerprint density at radius 1 is 0.820 bits per heavy atom. The number of likely N-dealkylation sites (tertiary alicyclic amines) is 1. The minimum Gasteiger partial charge on any atom is -0.506 e. The van der Waals surface area contributed by atoms with E-state index in [0.717, 1.165) is 38.8 Å². The number of aromatic nitrogens is 1. The molecule has 0 atom stereocenters. The van der Waals surface area contributed by atoms with Gasteiger partial charge in [0.25, 0.3) is 5.91 Å². The largest absolute Gasteiger partial charge is 0.506 e. The molecular formula is C49H52N6O6. The molecule has 1 fully saturated rings. The summed E-state index contributed by atoms with van der Waals surface area (Å²) in [7, 11) is 1.73. The van der Waals surface area contributed by atoms with Crippen molar-refractivity contribution < 1.29 is 24.2 Å². The number of piperidine rings is 1. The first-order valence-electron chi connectivity index (χ1n) is 20.7. The number of carbonyl (C=O) groups is 3. The molecule has 0 spiro atoms. The van der Waals surface area contributed by atoms with E-state index in [-0.39, 0.29) is 29.2 Å². The number of aromatic hydroxyl groups is 1. The number of amides is 3. The molecule has 0 bridgehead atoms. The molecule has 0 saturated carbocycles. The third-order valence-corrected chi connectivity index (χ3v) is 11.3. The van der Waals surface area contributed by atoms with Gasteiger partial charge in [-0.1, -0.05) is 66.7 Å². The second kappa shape index (κ2) is 19.5. The van der Waals surface area contributed by atoms with Crippen LogP contribution in [-0.4, -0.2) is 72.2 Å². The molecule has 12 heteroatoms. The molecule has 6 aromatic rings. The number of para-hydroxylation sites is 1. The zero-order chi connectivity index (χ0) is 42.9. The van der Waals surface area contributed by atoms with Crippen LogP contribution in [0.25, 0.3) is 22.0 Å². The average Bonchev–Trinajstić information content (AvgIpc) is 3.27. The number of nitrogens with zero attached hydrogens (tertiary/aromatic N) is 2. The number of phenolic OH excluding ortho intramolecular Hbond substituents is 1. The maximum absolute atomic E-state index is 13.5. The van der Waals surface area contributed by atoms with Gasteiger partial charge in [-0.2, -0.15) is 0 Å². The first kappa shape index (κ1) is 42.4. The number of rotatable bonds is 14. The predicted molar refractivity (Wildman–Crippen MR) is 241 cm³/mol. The lowest BCUT2D eigenvalue weighted by molar-refractivity contribution is -0.118. The SMILES string of the molecule is Cc1cc(NC(=O)c2cccc(N(C)C(=O)CCN3CCC(OC(=O)Nc4ccccc4-c4ccccc4)CC3)c2)c(C)cc1CNCCc1ccc(O)c2[nH]c(=O)ccc12. The Kier molecular flexibility index (Phi) is 13.6. The molecule has 0 aliphatic carbocycles. The van der Waals surface area contributed by atoms with Gasteiger partial charge in [0.05, 0.1) is 11.2 Å². The van der Waals surface area contributed by atoms with E-state index in [9.17, 15) is 24.3 Å². The minimum absolute atomic E-state index is 0.0482. The molecule has 1 aliphatic rings. The number of hydrogen-bond acceptors (Lipinski definition) is 8. The van der Waals surface area contributed by atoms with Crippen molar-refractivity contribution in [1.29, 1.82) is 0 Å². The molecular weight excluding hydrogens is 769 g/mol. The van der Waals surface area contributed by atoms with E-state index in [0.29, 0.717) is 86.5 Å². The van der Waals surface area contributed by atoms with Crippen LogP contribution in [0.3, 0.4) is 0 Å². The van der Waals surface area contributed by atoms with E-state index < -0.39 is 6.09 Å². The van der Waals surface area contributed by atoms with Crippen molar-refractivity contribution >= 4 is 45.9 Å². The van der Waals surface area contributed by atoms with Crippen molar-refractivity contribution in [3.05, 3.63) is 153 Å². The molecule has 5 N–H and O–H groups in total. The van der Waals surface area contributed by atoms with E-state index in [1.54, 1.807) is 42.3 Å². The Hall–Kier alpha value is -6.76. The van der Waals surface area contributed by atoms with Crippen LogP contribution in [0.15, 0.2) is 120 Å². The molecule has 61 heavy (non-hydrogen) atoms. The van der Waals surface area contributed by atoms with Crippen LogP contribution in [0.1, 0.15) is 51.9 Å². The van der Waals surface area contributed by atoms with Gasteiger partial charge in [-0.3, -0.25) is 19.7 Å². The van der Waals surface area contributed by atoms with Crippen LogP contribution >= 0.6 is 0 Å². The second-order valence-corrected chi connectivity index (χ2v) is 15.6. The number of ether oxygens (including phenoxy) is 1. The molecule has 2 heterocycles. The number of hydrogen-bond donors (Lipinski definition) is 5. The van der Waals surface area contributed by atoms with Gasteiger partial charge in [0.2, 0.25) is 11.5 Å². The van der Waals surface area contributed by atoms with E-state index in [2.05, 4.69) is 31.9 Å². The van der Waals surface area contributed by atoms with Crippen molar-refractivity contribution in [1.82, 2.24) is 15.2 Å². The lowest BCUT2D eigenvalue weighted by Gasteiger charge is -2.31. The molecule has 1 aromatic heterocycles. The summed E-state index contributed by atoms with van der Waals surface area (Å²) in [6.07, 6.45) is 1.70. The topological polar surface area (TPSA) is 156 Å². The fraction of sp³-hybridized carbons (Fsp3) is 0.265. The fourth-order valence-corrected chi connectivity index (χ4v) is 7.78. The summed E-state index contributed by atoms with van der Waals surface area (Å²) in [4.78, 5) is 57.9. The summed E-state index contributed by atoms with van der Waals surface area (Å²) < 4.78 is 5.79. The molecule has 0 unspecified atom stereocenters. The number of pyridine rings is 1. The third-order valence-electron chi connectivity index (χ3n) is 11.3. The quantitative estimate of drug-likeness (QED) is 0.0690. The lowest BCUT2D eigenvalue weighted by atomic mass is 10.0. The number of anilines is 3. The number of aromatic amines is 1. The van der Waals surface area contributed by atoms with Gasteiger partial charge >= 0.3 is 6.09 Å². The van der Waals surface area contributed by atoms with Crippen molar-refractivity contribution in [3.8, 4) is 16.9 Å². The van der Waals surface area contributed by atoms with Gasteiger partial charge in [-0.15, -0.1) is 0 Å². The molecule has 0 radical (unpaired) electrons. The van der Waals surface area contributed by atoms with E-state index in [1.807, 2.05) is 86.6 Å². The van der Waals surface area contributed by atoms with Gasteiger partial charge in [-0.05, 0) is 110 Å². The van der Waals surface area contributed by atoms with Crippen LogP contribution in [0, 0.1) is 13.8 Å². The summed E-state index contributed by atoms with van der Waals surface area (Å²) in [5.41, 5.74) is 8.70. The highest BCUT2D eigenvalue weighted by atomic mass is 16.6. The summed E-state index contributed by atoms with van der Waals surface area (Å²) in [5, 5.41) is 20.5. The maximum atomic E-state index is 13.5. The number of fused-ring (bicyclic) bond motifs is 1. The van der Waals surface area contributed by atoms with Crippen molar-refractivity contribution in [3.63, 3.8) is 0 Å². The van der Waals surface area contributed by atoms with Crippen LogP contribution in [0.5, 0.6) is 5.75 Å². The predicted octanol–water partition coefficient (Wildman–Crippen LogP) is 8.17. The molecule has 3 amide bonds. The zero-order valence-electron chi connectivity index (χ0n) is 34.8. The van der Waals surface area contributed by atoms with Gasteiger partial charge in [0.1, 0.15) is 11.9 Å². The van der Waals surface area contributed by atoms with Crippen molar-refractivity contribution in [2.24, 2.45) is 0 Å². The van der Waals surface area contributed by atoms with Gasteiger partial charge in [0, 0.05) is 73.6 Å². The molecule has 314 valence electrons. The number of carbonyl (C=O) groups excluding carboxylic acids is 3. The standard InChI is InChI=1S/C49H52N6O6/c1-32-29-43(33(2)28-37(32)31-50-24-20-35-16-18-44(56)47-41(35)17-19-45(57)53-47)51-48(59)36-12-9-13-38(30-36)54(3)46(58)23-27-55-25-21-39(22-26-55)61-49(60)52-42-15-8-7-14-40(42)34-10-5-4-6-11-34/h4-19,28-30,39,50,56H,20-27,31H2,1-3H3,(H,51,59)(H,52,60)(H,53,57). The molecule has 1 saturated heterocycles. The summed E-state index contributed by atoms with van der Waals surface area (Å²) in [5.74, 6) is -0.277. The normalized spacial score (nSPS) is 13.2. The second-order valence-electron chi connectivity index (χ2n) is 15.6. The average molecular weight is 821 g/mol. The number of H-pyrrole nitrogens is 1. The fourth-order valence-electron chi connectivity index (χ4n) is 7.78. The number of aryl methyl sites for hydroxylation is 2. The Morgan fingerprint density at radius 3 is 2.39 bits per heavy atom. The van der Waals surface area contributed by atoms with E-state index >= 15 is 0 Å². The number of phenols is 1. The zero-order valence-corrected chi connectivity index (χ0v) is 34.8. The number of benzene rings is 5. The number of nitrogens with one attached hydrogen (secondary N) is 4. The first-order valence-corrected chi connectivity index (χ1v) is 20.7. The highest BCUT2D eigenvalue weighted by molar-refractivity contribution is 6.06. The van der Waals surface area contributed by atoms with Gasteiger partial charge in [0.15, 0.2) is 0 Å². The smallest absolute Gasteiger partial charge is 0.411 e. The minimum atomic E-state index is -0.475. The lowest BCUT2D eigenvalue weighted by Crippen LogP contribution is -2.40. The highest BCUT2D eigenvalue weighted by Crippen LogP contribution is 2.29. The van der Waals surface area contributed by atoms with E-state index in [4.69, 9.17) is 4.74 Å². The van der Waals surface area contributed by atoms with Crippen molar-refractivity contribution in [2.45, 2.75) is 52.2 Å². The third kappa shape index (κ3) is 10.7. The molecule has 1 aliphatic heterocycles.